The summed E-state index contributed by atoms with van der Waals surface area (Å²) in [7, 11) is 0. The summed E-state index contributed by atoms with van der Waals surface area (Å²) < 4.78 is 13.0. The van der Waals surface area contributed by atoms with Crippen LogP contribution in [0, 0.1) is 11.7 Å². The Labute approximate surface area is 120 Å². The summed E-state index contributed by atoms with van der Waals surface area (Å²) in [5.41, 5.74) is 0.560. The first-order chi connectivity index (χ1) is 9.47. The second-order valence-corrected chi connectivity index (χ2v) is 5.08. The molecular weight excluding hydrogens is 285 g/mol. The Morgan fingerprint density at radius 3 is 2.70 bits per heavy atom. The first-order valence-electron chi connectivity index (χ1n) is 6.14. The van der Waals surface area contributed by atoms with Crippen LogP contribution >= 0.6 is 11.6 Å². The molecule has 1 atom stereocenters. The van der Waals surface area contributed by atoms with Gasteiger partial charge < -0.3 is 10.4 Å². The Bertz CT molecular complexity index is 570. The van der Waals surface area contributed by atoms with Crippen LogP contribution in [0.1, 0.15) is 18.4 Å². The lowest BCUT2D eigenvalue weighted by atomic mass is 10.1. The van der Waals surface area contributed by atoms with E-state index in [1.807, 2.05) is 0 Å². The van der Waals surface area contributed by atoms with Crippen LogP contribution in [-0.2, 0) is 9.59 Å². The summed E-state index contributed by atoms with van der Waals surface area (Å²) >= 11 is 5.62. The van der Waals surface area contributed by atoms with Crippen molar-refractivity contribution in [3.8, 4) is 0 Å². The fraction of sp³-hybridized carbons (Fsp3) is 0.286. The topological polar surface area (TPSA) is 66.4 Å². The number of hydrogen-bond acceptors (Lipinski definition) is 2. The van der Waals surface area contributed by atoms with Crippen molar-refractivity contribution >= 4 is 29.6 Å². The van der Waals surface area contributed by atoms with Gasteiger partial charge in [0.05, 0.1) is 5.02 Å². The van der Waals surface area contributed by atoms with Gasteiger partial charge in [0.1, 0.15) is 11.9 Å². The molecule has 0 aliphatic heterocycles. The van der Waals surface area contributed by atoms with Crippen molar-refractivity contribution in [1.29, 1.82) is 0 Å². The molecule has 0 spiro atoms. The van der Waals surface area contributed by atoms with Gasteiger partial charge in [-0.05, 0) is 42.5 Å². The standard InChI is InChI=1S/C14H13ClFNO3/c15-10-7-8(1-5-11(10)16)2-6-12(18)17-13(14(19)20)9-3-4-9/h1-2,5-7,9,13H,3-4H2,(H,17,18)(H,19,20). The van der Waals surface area contributed by atoms with Gasteiger partial charge in [0.15, 0.2) is 0 Å². The number of carboxylic acids is 1. The quantitative estimate of drug-likeness (QED) is 0.821. The van der Waals surface area contributed by atoms with Crippen molar-refractivity contribution in [2.24, 2.45) is 5.92 Å². The summed E-state index contributed by atoms with van der Waals surface area (Å²) in [4.78, 5) is 22.6. The Morgan fingerprint density at radius 2 is 2.15 bits per heavy atom. The number of rotatable bonds is 5. The Hall–Kier alpha value is -1.88. The van der Waals surface area contributed by atoms with Crippen LogP contribution in [0.4, 0.5) is 4.39 Å². The van der Waals surface area contributed by atoms with Crippen LogP contribution in [0.25, 0.3) is 6.08 Å². The lowest BCUT2D eigenvalue weighted by Gasteiger charge is -2.11. The van der Waals surface area contributed by atoms with Gasteiger partial charge in [-0.1, -0.05) is 17.7 Å². The van der Waals surface area contributed by atoms with Gasteiger partial charge in [-0.2, -0.15) is 0 Å². The maximum atomic E-state index is 13.0. The summed E-state index contributed by atoms with van der Waals surface area (Å²) in [5, 5.41) is 11.4. The van der Waals surface area contributed by atoms with E-state index in [9.17, 15) is 14.0 Å². The van der Waals surface area contributed by atoms with Gasteiger partial charge in [0, 0.05) is 6.08 Å². The van der Waals surface area contributed by atoms with Crippen LogP contribution in [0.2, 0.25) is 5.02 Å². The van der Waals surface area contributed by atoms with Crippen LogP contribution in [0.15, 0.2) is 24.3 Å². The van der Waals surface area contributed by atoms with E-state index in [1.165, 1.54) is 30.4 Å². The third-order valence-electron chi connectivity index (χ3n) is 3.03. The largest absolute Gasteiger partial charge is 0.480 e. The highest BCUT2D eigenvalue weighted by Gasteiger charge is 2.36. The first-order valence-corrected chi connectivity index (χ1v) is 6.51. The molecule has 0 bridgehead atoms. The molecule has 1 aromatic carbocycles. The van der Waals surface area contributed by atoms with Crippen LogP contribution < -0.4 is 5.32 Å². The fourth-order valence-corrected chi connectivity index (χ4v) is 1.99. The summed E-state index contributed by atoms with van der Waals surface area (Å²) in [6.07, 6.45) is 4.29. The number of amides is 1. The van der Waals surface area contributed by atoms with E-state index in [2.05, 4.69) is 5.32 Å². The first kappa shape index (κ1) is 14.5. The van der Waals surface area contributed by atoms with E-state index in [-0.39, 0.29) is 10.9 Å². The van der Waals surface area contributed by atoms with E-state index >= 15 is 0 Å². The van der Waals surface area contributed by atoms with Gasteiger partial charge in [0.2, 0.25) is 5.91 Å². The predicted molar refractivity (Wildman–Crippen MR) is 72.7 cm³/mol. The molecule has 1 unspecified atom stereocenters. The van der Waals surface area contributed by atoms with E-state index < -0.39 is 23.7 Å². The lowest BCUT2D eigenvalue weighted by molar-refractivity contribution is -0.141. The molecule has 1 saturated carbocycles. The van der Waals surface area contributed by atoms with Crippen LogP contribution in [0.5, 0.6) is 0 Å². The van der Waals surface area contributed by atoms with Gasteiger partial charge in [0.25, 0.3) is 0 Å². The zero-order valence-corrected chi connectivity index (χ0v) is 11.2. The van der Waals surface area contributed by atoms with Crippen molar-refractivity contribution < 1.29 is 19.1 Å². The molecule has 0 saturated heterocycles. The molecule has 0 heterocycles. The Morgan fingerprint density at radius 1 is 1.45 bits per heavy atom. The summed E-state index contributed by atoms with van der Waals surface area (Å²) in [5.74, 6) is -2.04. The highest BCUT2D eigenvalue weighted by molar-refractivity contribution is 6.30. The molecule has 0 aromatic heterocycles. The van der Waals surface area contributed by atoms with Crippen molar-refractivity contribution in [3.63, 3.8) is 0 Å². The smallest absolute Gasteiger partial charge is 0.326 e. The zero-order valence-electron chi connectivity index (χ0n) is 10.5. The average Bonchev–Trinajstić information content (AvgIpc) is 3.21. The molecular formula is C14H13ClFNO3. The Balaban J connectivity index is 1.97. The van der Waals surface area contributed by atoms with E-state index in [4.69, 9.17) is 16.7 Å². The van der Waals surface area contributed by atoms with Crippen molar-refractivity contribution in [2.75, 3.05) is 0 Å². The highest BCUT2D eigenvalue weighted by atomic mass is 35.5. The van der Waals surface area contributed by atoms with Gasteiger partial charge in [-0.25, -0.2) is 9.18 Å². The maximum Gasteiger partial charge on any atom is 0.326 e. The molecule has 0 radical (unpaired) electrons. The number of aliphatic carboxylic acids is 1. The number of carbonyl (C=O) groups excluding carboxylic acids is 1. The summed E-state index contributed by atoms with van der Waals surface area (Å²) in [6.45, 7) is 0. The molecule has 1 fully saturated rings. The fourth-order valence-electron chi connectivity index (χ4n) is 1.80. The van der Waals surface area contributed by atoms with E-state index in [1.54, 1.807) is 0 Å². The number of hydrogen-bond donors (Lipinski definition) is 2. The molecule has 1 aliphatic rings. The number of nitrogens with one attached hydrogen (secondary N) is 1. The third kappa shape index (κ3) is 3.81. The minimum atomic E-state index is -1.03. The van der Waals surface area contributed by atoms with Gasteiger partial charge in [-0.15, -0.1) is 0 Å². The molecule has 2 rings (SSSR count). The molecule has 1 aliphatic carbocycles. The average molecular weight is 298 g/mol. The second kappa shape index (κ2) is 6.05. The van der Waals surface area contributed by atoms with Crippen LogP contribution in [-0.4, -0.2) is 23.0 Å². The molecule has 20 heavy (non-hydrogen) atoms. The zero-order chi connectivity index (χ0) is 14.7. The molecule has 2 N–H and O–H groups in total. The van der Waals surface area contributed by atoms with Gasteiger partial charge in [-0.3, -0.25) is 4.79 Å². The lowest BCUT2D eigenvalue weighted by Crippen LogP contribution is -2.41. The predicted octanol–water partition coefficient (Wildman–Crippen LogP) is 2.47. The van der Waals surface area contributed by atoms with Crippen molar-refractivity contribution in [3.05, 3.63) is 40.7 Å². The maximum absolute atomic E-state index is 13.0. The number of carbonyl (C=O) groups is 2. The number of carboxylic acid groups (broad SMARTS) is 1. The number of halogens is 2. The van der Waals surface area contributed by atoms with Crippen molar-refractivity contribution in [1.82, 2.24) is 5.32 Å². The Kier molecular flexibility index (Phi) is 4.39. The van der Waals surface area contributed by atoms with Gasteiger partial charge >= 0.3 is 5.97 Å². The SMILES string of the molecule is O=C(C=Cc1ccc(F)c(Cl)c1)NC(C(=O)O)C1CC1. The second-order valence-electron chi connectivity index (χ2n) is 4.67. The van der Waals surface area contributed by atoms with E-state index in [0.29, 0.717) is 5.56 Å². The van der Waals surface area contributed by atoms with E-state index in [0.717, 1.165) is 12.8 Å². The number of benzene rings is 1. The monoisotopic (exact) mass is 297 g/mol. The molecule has 1 amide bonds. The molecule has 106 valence electrons. The summed E-state index contributed by atoms with van der Waals surface area (Å²) in [6, 6.07) is 3.21. The minimum absolute atomic E-state index is 0.0186. The third-order valence-corrected chi connectivity index (χ3v) is 3.32. The molecule has 4 nitrogen and oxygen atoms in total. The normalized spacial score (nSPS) is 16.1. The highest BCUT2D eigenvalue weighted by Crippen LogP contribution is 2.32. The van der Waals surface area contributed by atoms with Crippen molar-refractivity contribution in [2.45, 2.75) is 18.9 Å². The molecule has 1 aromatic rings. The minimum Gasteiger partial charge on any atom is -0.480 e. The molecule has 6 heteroatoms. The van der Waals surface area contributed by atoms with Crippen LogP contribution in [0.3, 0.4) is 0 Å².